The minimum absolute atomic E-state index is 0.495. The molecule has 0 spiro atoms. The van der Waals surface area contributed by atoms with Gasteiger partial charge >= 0.3 is 0 Å². The fraction of sp³-hybridized carbons (Fsp3) is 0.455. The van der Waals surface area contributed by atoms with E-state index >= 15 is 0 Å². The van der Waals surface area contributed by atoms with Crippen molar-refractivity contribution in [2.75, 3.05) is 11.9 Å². The molecule has 1 aromatic carbocycles. The molecular weight excluding hydrogens is 245 g/mol. The fourth-order valence-electron chi connectivity index (χ4n) is 1.85. The average Bonchev–Trinajstić information content (AvgIpc) is 2.23. The van der Waals surface area contributed by atoms with Gasteiger partial charge in [0, 0.05) is 17.4 Å². The number of rotatable bonds is 0. The third kappa shape index (κ3) is 1.92. The van der Waals surface area contributed by atoms with E-state index in [1.165, 1.54) is 0 Å². The van der Waals surface area contributed by atoms with Crippen LogP contribution >= 0.6 is 15.9 Å². The molecule has 0 saturated carbocycles. The van der Waals surface area contributed by atoms with Crippen LogP contribution in [0.3, 0.4) is 0 Å². The van der Waals surface area contributed by atoms with Gasteiger partial charge in [-0.1, -0.05) is 12.1 Å². The van der Waals surface area contributed by atoms with Gasteiger partial charge in [0.15, 0.2) is 0 Å². The third-order valence-electron chi connectivity index (χ3n) is 2.61. The molecule has 76 valence electrons. The van der Waals surface area contributed by atoms with Crippen LogP contribution in [0.2, 0.25) is 0 Å². The minimum Gasteiger partial charge on any atom is -0.384 e. The Morgan fingerprint density at radius 2 is 2.29 bits per heavy atom. The predicted octanol–water partition coefficient (Wildman–Crippen LogP) is 3.54. The zero-order valence-corrected chi connectivity index (χ0v) is 9.70. The molecule has 1 unspecified atom stereocenters. The summed E-state index contributed by atoms with van der Waals surface area (Å²) in [5, 5.41) is 3.26. The number of nitrogens with one attached hydrogen (secondary N) is 1. The van der Waals surface area contributed by atoms with Crippen LogP contribution < -0.4 is 5.32 Å². The summed E-state index contributed by atoms with van der Waals surface area (Å²) in [5.41, 5.74) is 1.02. The summed E-state index contributed by atoms with van der Waals surface area (Å²) in [6.07, 6.45) is 1.06. The Kier molecular flexibility index (Phi) is 2.52. The van der Waals surface area contributed by atoms with Crippen LogP contribution in [0.5, 0.6) is 0 Å². The summed E-state index contributed by atoms with van der Waals surface area (Å²) in [7, 11) is 0. The second-order valence-electron chi connectivity index (χ2n) is 4.04. The molecule has 0 saturated heterocycles. The van der Waals surface area contributed by atoms with Gasteiger partial charge in [0.05, 0.1) is 5.69 Å². The SMILES string of the molecule is CC1(F)CCNc2c(Br)cccc2C1. The highest BCUT2D eigenvalue weighted by Crippen LogP contribution is 2.34. The zero-order chi connectivity index (χ0) is 10.2. The number of alkyl halides is 1. The molecule has 0 bridgehead atoms. The molecule has 1 aliphatic heterocycles. The highest BCUT2D eigenvalue weighted by Gasteiger charge is 2.27. The smallest absolute Gasteiger partial charge is 0.114 e. The van der Waals surface area contributed by atoms with Crippen molar-refractivity contribution in [3.8, 4) is 0 Å². The first-order valence-electron chi connectivity index (χ1n) is 4.79. The van der Waals surface area contributed by atoms with E-state index in [4.69, 9.17) is 0 Å². The van der Waals surface area contributed by atoms with Crippen molar-refractivity contribution in [1.29, 1.82) is 0 Å². The first-order chi connectivity index (χ1) is 6.58. The van der Waals surface area contributed by atoms with Crippen LogP contribution in [-0.4, -0.2) is 12.2 Å². The van der Waals surface area contributed by atoms with E-state index in [0.717, 1.165) is 15.7 Å². The van der Waals surface area contributed by atoms with Gasteiger partial charge < -0.3 is 5.32 Å². The number of anilines is 1. The Bertz CT molecular complexity index is 349. The maximum atomic E-state index is 13.9. The standard InChI is InChI=1S/C11H13BrFN/c1-11(13)5-6-14-10-8(7-11)3-2-4-9(10)12/h2-4,14H,5-7H2,1H3. The molecule has 0 aromatic heterocycles. The van der Waals surface area contributed by atoms with Crippen molar-refractivity contribution in [1.82, 2.24) is 0 Å². The van der Waals surface area contributed by atoms with Gasteiger partial charge in [0.1, 0.15) is 5.67 Å². The molecule has 14 heavy (non-hydrogen) atoms. The topological polar surface area (TPSA) is 12.0 Å². The lowest BCUT2D eigenvalue weighted by molar-refractivity contribution is 0.183. The second kappa shape index (κ2) is 3.54. The number of hydrogen-bond acceptors (Lipinski definition) is 1. The van der Waals surface area contributed by atoms with Crippen molar-refractivity contribution < 1.29 is 4.39 Å². The first-order valence-corrected chi connectivity index (χ1v) is 5.58. The van der Waals surface area contributed by atoms with E-state index in [1.54, 1.807) is 6.92 Å². The highest BCUT2D eigenvalue weighted by atomic mass is 79.9. The lowest BCUT2D eigenvalue weighted by Gasteiger charge is -2.16. The number of para-hydroxylation sites is 1. The molecule has 1 atom stereocenters. The molecule has 2 rings (SSSR count). The molecule has 1 aromatic rings. The maximum Gasteiger partial charge on any atom is 0.114 e. The largest absolute Gasteiger partial charge is 0.384 e. The van der Waals surface area contributed by atoms with Gasteiger partial charge in [-0.15, -0.1) is 0 Å². The Hall–Kier alpha value is -0.570. The molecule has 0 aliphatic carbocycles. The van der Waals surface area contributed by atoms with E-state index in [1.807, 2.05) is 18.2 Å². The molecule has 0 fully saturated rings. The van der Waals surface area contributed by atoms with Crippen LogP contribution in [-0.2, 0) is 6.42 Å². The molecular formula is C11H13BrFN. The number of fused-ring (bicyclic) bond motifs is 1. The van der Waals surface area contributed by atoms with Gasteiger partial charge in [-0.3, -0.25) is 0 Å². The summed E-state index contributed by atoms with van der Waals surface area (Å²) in [4.78, 5) is 0. The number of benzene rings is 1. The van der Waals surface area contributed by atoms with Gasteiger partial charge in [-0.2, -0.15) is 0 Å². The van der Waals surface area contributed by atoms with Crippen LogP contribution in [0, 0.1) is 0 Å². The average molecular weight is 258 g/mol. The number of hydrogen-bond donors (Lipinski definition) is 1. The molecule has 1 N–H and O–H groups in total. The van der Waals surface area contributed by atoms with Gasteiger partial charge in [-0.05, 0) is 40.9 Å². The monoisotopic (exact) mass is 257 g/mol. The molecule has 0 amide bonds. The van der Waals surface area contributed by atoms with E-state index < -0.39 is 5.67 Å². The summed E-state index contributed by atoms with van der Waals surface area (Å²) in [5.74, 6) is 0. The molecule has 0 radical (unpaired) electrons. The van der Waals surface area contributed by atoms with Crippen molar-refractivity contribution >= 4 is 21.6 Å². The van der Waals surface area contributed by atoms with Gasteiger partial charge in [-0.25, -0.2) is 4.39 Å². The summed E-state index contributed by atoms with van der Waals surface area (Å²) in [6, 6.07) is 5.91. The van der Waals surface area contributed by atoms with E-state index in [9.17, 15) is 4.39 Å². The minimum atomic E-state index is -1.08. The highest BCUT2D eigenvalue weighted by molar-refractivity contribution is 9.10. The molecule has 1 heterocycles. The lowest BCUT2D eigenvalue weighted by Crippen LogP contribution is -2.21. The van der Waals surface area contributed by atoms with Crippen molar-refractivity contribution in [2.45, 2.75) is 25.4 Å². The summed E-state index contributed by atoms with van der Waals surface area (Å²) < 4.78 is 14.9. The second-order valence-corrected chi connectivity index (χ2v) is 4.90. The normalized spacial score (nSPS) is 26.2. The van der Waals surface area contributed by atoms with Crippen LogP contribution in [0.25, 0.3) is 0 Å². The van der Waals surface area contributed by atoms with Gasteiger partial charge in [0.25, 0.3) is 0 Å². The van der Waals surface area contributed by atoms with Crippen LogP contribution in [0.15, 0.2) is 22.7 Å². The Balaban J connectivity index is 2.42. The molecule has 1 aliphatic rings. The van der Waals surface area contributed by atoms with Crippen LogP contribution in [0.4, 0.5) is 10.1 Å². The van der Waals surface area contributed by atoms with Crippen LogP contribution in [0.1, 0.15) is 18.9 Å². The first kappa shape index (κ1) is 9.97. The van der Waals surface area contributed by atoms with Crippen molar-refractivity contribution in [3.05, 3.63) is 28.2 Å². The van der Waals surface area contributed by atoms with Crippen molar-refractivity contribution in [3.63, 3.8) is 0 Å². The lowest BCUT2D eigenvalue weighted by atomic mass is 9.96. The predicted molar refractivity (Wildman–Crippen MR) is 60.5 cm³/mol. The van der Waals surface area contributed by atoms with E-state index in [2.05, 4.69) is 21.2 Å². The molecule has 1 nitrogen and oxygen atoms in total. The third-order valence-corrected chi connectivity index (χ3v) is 3.27. The fourth-order valence-corrected chi connectivity index (χ4v) is 2.40. The van der Waals surface area contributed by atoms with E-state index in [-0.39, 0.29) is 0 Å². The number of halogens is 2. The Morgan fingerprint density at radius 3 is 3.07 bits per heavy atom. The quantitative estimate of drug-likeness (QED) is 0.750. The Labute approximate surface area is 91.8 Å². The van der Waals surface area contributed by atoms with Gasteiger partial charge in [0.2, 0.25) is 0 Å². The summed E-state index contributed by atoms with van der Waals surface area (Å²) >= 11 is 3.47. The molecule has 3 heteroatoms. The maximum absolute atomic E-state index is 13.9. The zero-order valence-electron chi connectivity index (χ0n) is 8.11. The van der Waals surface area contributed by atoms with Crippen molar-refractivity contribution in [2.24, 2.45) is 0 Å². The Morgan fingerprint density at radius 1 is 1.50 bits per heavy atom. The summed E-state index contributed by atoms with van der Waals surface area (Å²) in [6.45, 7) is 2.37. The van der Waals surface area contributed by atoms with E-state index in [0.29, 0.717) is 19.4 Å².